The van der Waals surface area contributed by atoms with Crippen molar-refractivity contribution in [3.8, 4) is 0 Å². The number of benzene rings is 1. The second kappa shape index (κ2) is 4.65. The summed E-state index contributed by atoms with van der Waals surface area (Å²) in [6, 6.07) is 6.32. The van der Waals surface area contributed by atoms with Crippen molar-refractivity contribution in [2.24, 2.45) is 0 Å². The Labute approximate surface area is 94.8 Å². The number of aliphatic carboxylic acids is 1. The van der Waals surface area contributed by atoms with Crippen molar-refractivity contribution in [3.63, 3.8) is 0 Å². The maximum atomic E-state index is 11.5. The molecule has 0 radical (unpaired) electrons. The van der Waals surface area contributed by atoms with Crippen LogP contribution >= 0.6 is 0 Å². The summed E-state index contributed by atoms with van der Waals surface area (Å²) in [5.41, 5.74) is 1.02. The van der Waals surface area contributed by atoms with E-state index in [1.165, 1.54) is 12.1 Å². The number of carboxylic acid groups (broad SMARTS) is 1. The van der Waals surface area contributed by atoms with Crippen LogP contribution in [0.1, 0.15) is 25.3 Å². The molecule has 0 heterocycles. The lowest BCUT2D eigenvalue weighted by Crippen LogP contribution is -2.15. The molecule has 1 aromatic carbocycles. The van der Waals surface area contributed by atoms with Gasteiger partial charge in [-0.3, -0.25) is 4.79 Å². The lowest BCUT2D eigenvalue weighted by Gasteiger charge is -2.06. The van der Waals surface area contributed by atoms with E-state index in [2.05, 4.69) is 0 Å². The molecule has 0 aliphatic heterocycles. The van der Waals surface area contributed by atoms with Crippen LogP contribution in [0.4, 0.5) is 0 Å². The molecule has 0 fully saturated rings. The van der Waals surface area contributed by atoms with Crippen LogP contribution in [0.3, 0.4) is 0 Å². The maximum absolute atomic E-state index is 11.5. The second-order valence-electron chi connectivity index (χ2n) is 3.88. The molecule has 0 atom stereocenters. The van der Waals surface area contributed by atoms with Gasteiger partial charge < -0.3 is 5.11 Å². The minimum atomic E-state index is -3.70. The smallest absolute Gasteiger partial charge is 0.319 e. The summed E-state index contributed by atoms with van der Waals surface area (Å²) in [7, 11) is -3.70. The molecule has 0 unspecified atom stereocenters. The van der Waals surface area contributed by atoms with Gasteiger partial charge >= 0.3 is 5.97 Å². The monoisotopic (exact) mass is 242 g/mol. The molecular weight excluding hydrogens is 228 g/mol. The molecule has 0 aromatic heterocycles. The molecule has 0 saturated heterocycles. The van der Waals surface area contributed by atoms with Crippen molar-refractivity contribution in [2.45, 2.75) is 24.7 Å². The molecular formula is C11H14O4S. The summed E-state index contributed by atoms with van der Waals surface area (Å²) in [4.78, 5) is 10.4. The average Bonchev–Trinajstić information content (AvgIpc) is 2.16. The van der Waals surface area contributed by atoms with Gasteiger partial charge in [0.1, 0.15) is 0 Å². The van der Waals surface area contributed by atoms with Gasteiger partial charge in [-0.15, -0.1) is 0 Å². The van der Waals surface area contributed by atoms with Gasteiger partial charge in [0.15, 0.2) is 15.6 Å². The molecule has 1 N–H and O–H groups in total. The Morgan fingerprint density at radius 2 is 1.75 bits per heavy atom. The van der Waals surface area contributed by atoms with Crippen molar-refractivity contribution in [3.05, 3.63) is 29.8 Å². The van der Waals surface area contributed by atoms with Crippen molar-refractivity contribution in [1.29, 1.82) is 0 Å². The SMILES string of the molecule is CC(C)c1ccc(S(=O)(=O)CC(=O)O)cc1. The average molecular weight is 242 g/mol. The molecule has 4 nitrogen and oxygen atoms in total. The van der Waals surface area contributed by atoms with E-state index in [-0.39, 0.29) is 4.90 Å². The molecule has 0 saturated carbocycles. The fourth-order valence-corrected chi connectivity index (χ4v) is 2.35. The minimum Gasteiger partial charge on any atom is -0.480 e. The number of hydrogen-bond donors (Lipinski definition) is 1. The fraction of sp³-hybridized carbons (Fsp3) is 0.364. The fourth-order valence-electron chi connectivity index (χ4n) is 1.31. The number of sulfone groups is 1. The Morgan fingerprint density at radius 1 is 1.25 bits per heavy atom. The van der Waals surface area contributed by atoms with Gasteiger partial charge in [0.2, 0.25) is 0 Å². The normalized spacial score (nSPS) is 11.7. The summed E-state index contributed by atoms with van der Waals surface area (Å²) in [5, 5.41) is 8.47. The van der Waals surface area contributed by atoms with Crippen molar-refractivity contribution in [2.75, 3.05) is 5.75 Å². The summed E-state index contributed by atoms with van der Waals surface area (Å²) >= 11 is 0. The number of hydrogen-bond acceptors (Lipinski definition) is 3. The highest BCUT2D eigenvalue weighted by atomic mass is 32.2. The Balaban J connectivity index is 3.02. The molecule has 1 rings (SSSR count). The molecule has 88 valence electrons. The summed E-state index contributed by atoms with van der Waals surface area (Å²) in [6.45, 7) is 4.00. The highest BCUT2D eigenvalue weighted by molar-refractivity contribution is 7.92. The first-order valence-electron chi connectivity index (χ1n) is 4.87. The molecule has 0 amide bonds. The van der Waals surface area contributed by atoms with Crippen LogP contribution in [0, 0.1) is 0 Å². The summed E-state index contributed by atoms with van der Waals surface area (Å²) in [6.07, 6.45) is 0. The van der Waals surface area contributed by atoms with Crippen molar-refractivity contribution < 1.29 is 18.3 Å². The Morgan fingerprint density at radius 3 is 2.12 bits per heavy atom. The van der Waals surface area contributed by atoms with Crippen LogP contribution in [0.5, 0.6) is 0 Å². The first-order valence-corrected chi connectivity index (χ1v) is 6.52. The third kappa shape index (κ3) is 3.06. The van der Waals surface area contributed by atoms with Gasteiger partial charge in [0.05, 0.1) is 4.90 Å². The predicted octanol–water partition coefficient (Wildman–Crippen LogP) is 1.67. The zero-order valence-electron chi connectivity index (χ0n) is 9.17. The van der Waals surface area contributed by atoms with Gasteiger partial charge in [0.25, 0.3) is 0 Å². The van der Waals surface area contributed by atoms with E-state index in [0.717, 1.165) is 5.56 Å². The standard InChI is InChI=1S/C11H14O4S/c1-8(2)9-3-5-10(6-4-9)16(14,15)7-11(12)13/h3-6,8H,7H2,1-2H3,(H,12,13). The molecule has 5 heteroatoms. The quantitative estimate of drug-likeness (QED) is 0.871. The molecule has 0 aliphatic rings. The lowest BCUT2D eigenvalue weighted by molar-refractivity contribution is -0.134. The van der Waals surface area contributed by atoms with Crippen LogP contribution in [0.2, 0.25) is 0 Å². The van der Waals surface area contributed by atoms with Crippen LogP contribution in [0.15, 0.2) is 29.2 Å². The predicted molar refractivity (Wildman–Crippen MR) is 60.2 cm³/mol. The van der Waals surface area contributed by atoms with Crippen LogP contribution < -0.4 is 0 Å². The Hall–Kier alpha value is -1.36. The van der Waals surface area contributed by atoms with E-state index >= 15 is 0 Å². The highest BCUT2D eigenvalue weighted by Crippen LogP contribution is 2.18. The molecule has 1 aromatic rings. The first-order chi connectivity index (χ1) is 7.33. The second-order valence-corrected chi connectivity index (χ2v) is 5.87. The van der Waals surface area contributed by atoms with Crippen LogP contribution in [0.25, 0.3) is 0 Å². The van der Waals surface area contributed by atoms with E-state index in [1.807, 2.05) is 13.8 Å². The third-order valence-electron chi connectivity index (χ3n) is 2.22. The van der Waals surface area contributed by atoms with Gasteiger partial charge in [-0.1, -0.05) is 26.0 Å². The number of carbonyl (C=O) groups is 1. The Bertz CT molecular complexity index is 471. The molecule has 0 spiro atoms. The highest BCUT2D eigenvalue weighted by Gasteiger charge is 2.18. The van der Waals surface area contributed by atoms with Crippen molar-refractivity contribution in [1.82, 2.24) is 0 Å². The molecule has 16 heavy (non-hydrogen) atoms. The van der Waals surface area contributed by atoms with Crippen molar-refractivity contribution >= 4 is 15.8 Å². The topological polar surface area (TPSA) is 71.4 Å². The van der Waals surface area contributed by atoms with E-state index < -0.39 is 21.6 Å². The minimum absolute atomic E-state index is 0.0549. The summed E-state index contributed by atoms with van der Waals surface area (Å²) < 4.78 is 23.1. The largest absolute Gasteiger partial charge is 0.480 e. The molecule has 0 aliphatic carbocycles. The molecule has 0 bridgehead atoms. The Kier molecular flexibility index (Phi) is 3.70. The van der Waals surface area contributed by atoms with E-state index in [0.29, 0.717) is 5.92 Å². The van der Waals surface area contributed by atoms with Gasteiger partial charge in [0, 0.05) is 0 Å². The summed E-state index contributed by atoms with van der Waals surface area (Å²) in [5.74, 6) is -1.89. The van der Waals surface area contributed by atoms with E-state index in [4.69, 9.17) is 5.11 Å². The lowest BCUT2D eigenvalue weighted by atomic mass is 10.0. The third-order valence-corrected chi connectivity index (χ3v) is 3.84. The number of rotatable bonds is 4. The maximum Gasteiger partial charge on any atom is 0.319 e. The van der Waals surface area contributed by atoms with Gasteiger partial charge in [-0.2, -0.15) is 0 Å². The van der Waals surface area contributed by atoms with E-state index in [1.54, 1.807) is 12.1 Å². The van der Waals surface area contributed by atoms with Crippen LogP contribution in [-0.2, 0) is 14.6 Å². The first kappa shape index (κ1) is 12.7. The zero-order valence-corrected chi connectivity index (χ0v) is 9.99. The number of carboxylic acids is 1. The van der Waals surface area contributed by atoms with Gasteiger partial charge in [-0.25, -0.2) is 8.42 Å². The van der Waals surface area contributed by atoms with Gasteiger partial charge in [-0.05, 0) is 23.6 Å². The van der Waals surface area contributed by atoms with Crippen LogP contribution in [-0.4, -0.2) is 25.2 Å². The zero-order chi connectivity index (χ0) is 12.3. The van der Waals surface area contributed by atoms with E-state index in [9.17, 15) is 13.2 Å².